The van der Waals surface area contributed by atoms with Gasteiger partial charge in [0.1, 0.15) is 0 Å². The molecule has 2 heterocycles. The first-order valence-corrected chi connectivity index (χ1v) is 10.5. The van der Waals surface area contributed by atoms with Crippen molar-refractivity contribution in [1.29, 1.82) is 0 Å². The number of aryl methyl sites for hydroxylation is 1. The maximum Gasteiger partial charge on any atom is 0.277 e. The summed E-state index contributed by atoms with van der Waals surface area (Å²) in [4.78, 5) is 13.5. The molecule has 134 valence electrons. The molecule has 2 aromatic heterocycles. The molecule has 0 aliphatic heterocycles. The first kappa shape index (κ1) is 17.6. The van der Waals surface area contributed by atoms with E-state index in [1.807, 2.05) is 0 Å². The van der Waals surface area contributed by atoms with Crippen molar-refractivity contribution in [3.05, 3.63) is 45.1 Å². The Bertz CT molecular complexity index is 921. The topological polar surface area (TPSA) is 68.0 Å². The fourth-order valence-corrected chi connectivity index (χ4v) is 4.72. The fourth-order valence-electron chi connectivity index (χ4n) is 2.91. The third kappa shape index (κ3) is 3.95. The number of halogens is 1. The standard InChI is InChI=1S/C18H16ClN3O2S2/c19-11-5-7-12(8-6-11)20-16(23)10-26-18-22-21-17(24-18)14-9-25-15-4-2-1-3-13(14)15/h5-9H,1-4,10H2,(H,20,23). The Kier molecular flexibility index (Phi) is 5.28. The van der Waals surface area contributed by atoms with Crippen LogP contribution in [0.15, 0.2) is 39.3 Å². The summed E-state index contributed by atoms with van der Waals surface area (Å²) in [6, 6.07) is 6.98. The number of hydrogen-bond acceptors (Lipinski definition) is 6. The van der Waals surface area contributed by atoms with Crippen molar-refractivity contribution < 1.29 is 9.21 Å². The number of rotatable bonds is 5. The number of thioether (sulfide) groups is 1. The molecule has 1 amide bonds. The largest absolute Gasteiger partial charge is 0.411 e. The van der Waals surface area contributed by atoms with Crippen molar-refractivity contribution in [2.24, 2.45) is 0 Å². The zero-order valence-electron chi connectivity index (χ0n) is 13.8. The van der Waals surface area contributed by atoms with Crippen LogP contribution in [0.3, 0.4) is 0 Å². The van der Waals surface area contributed by atoms with Gasteiger partial charge in [0.25, 0.3) is 5.22 Å². The summed E-state index contributed by atoms with van der Waals surface area (Å²) in [7, 11) is 0. The van der Waals surface area contributed by atoms with Crippen LogP contribution in [-0.2, 0) is 17.6 Å². The van der Waals surface area contributed by atoms with Crippen molar-refractivity contribution in [3.8, 4) is 11.5 Å². The number of carbonyl (C=O) groups excluding carboxylic acids is 1. The maximum atomic E-state index is 12.0. The number of amides is 1. The van der Waals surface area contributed by atoms with Gasteiger partial charge in [-0.1, -0.05) is 23.4 Å². The molecule has 0 unspecified atom stereocenters. The Morgan fingerprint density at radius 3 is 2.88 bits per heavy atom. The number of anilines is 1. The second kappa shape index (κ2) is 7.82. The highest BCUT2D eigenvalue weighted by molar-refractivity contribution is 7.99. The lowest BCUT2D eigenvalue weighted by atomic mass is 9.96. The van der Waals surface area contributed by atoms with Crippen LogP contribution in [0.2, 0.25) is 5.02 Å². The minimum atomic E-state index is -0.134. The van der Waals surface area contributed by atoms with E-state index in [4.69, 9.17) is 16.0 Å². The molecule has 1 N–H and O–H groups in total. The number of hydrogen-bond donors (Lipinski definition) is 1. The zero-order chi connectivity index (χ0) is 17.9. The quantitative estimate of drug-likeness (QED) is 0.601. The number of aromatic nitrogens is 2. The third-order valence-electron chi connectivity index (χ3n) is 4.15. The van der Waals surface area contributed by atoms with Crippen LogP contribution in [0.25, 0.3) is 11.5 Å². The Balaban J connectivity index is 1.37. The highest BCUT2D eigenvalue weighted by Gasteiger charge is 2.20. The van der Waals surface area contributed by atoms with Crippen LogP contribution in [0.4, 0.5) is 5.69 Å². The normalized spacial score (nSPS) is 13.4. The zero-order valence-corrected chi connectivity index (χ0v) is 16.2. The van der Waals surface area contributed by atoms with E-state index in [9.17, 15) is 4.79 Å². The van der Waals surface area contributed by atoms with E-state index in [1.54, 1.807) is 35.6 Å². The van der Waals surface area contributed by atoms with Gasteiger partial charge < -0.3 is 9.73 Å². The second-order valence-corrected chi connectivity index (χ2v) is 8.30. The minimum absolute atomic E-state index is 0.134. The van der Waals surface area contributed by atoms with Gasteiger partial charge in [-0.3, -0.25) is 4.79 Å². The van der Waals surface area contributed by atoms with Gasteiger partial charge >= 0.3 is 0 Å². The minimum Gasteiger partial charge on any atom is -0.411 e. The molecule has 1 aliphatic rings. The Labute approximate surface area is 164 Å². The molecule has 3 aromatic rings. The van der Waals surface area contributed by atoms with E-state index < -0.39 is 0 Å². The van der Waals surface area contributed by atoms with Gasteiger partial charge in [0.15, 0.2) is 0 Å². The number of thiophene rings is 1. The first-order chi connectivity index (χ1) is 12.7. The average molecular weight is 406 g/mol. The van der Waals surface area contributed by atoms with Crippen molar-refractivity contribution in [2.45, 2.75) is 30.9 Å². The number of benzene rings is 1. The van der Waals surface area contributed by atoms with Crippen LogP contribution in [0, 0.1) is 0 Å². The first-order valence-electron chi connectivity index (χ1n) is 8.30. The van der Waals surface area contributed by atoms with Gasteiger partial charge in [-0.15, -0.1) is 21.5 Å². The molecule has 5 nitrogen and oxygen atoms in total. The monoisotopic (exact) mass is 405 g/mol. The predicted molar refractivity (Wildman–Crippen MR) is 105 cm³/mol. The highest BCUT2D eigenvalue weighted by atomic mass is 35.5. The predicted octanol–water partition coefficient (Wildman–Crippen LogP) is 5.06. The highest BCUT2D eigenvalue weighted by Crippen LogP contribution is 2.36. The van der Waals surface area contributed by atoms with E-state index in [-0.39, 0.29) is 11.7 Å². The molecule has 0 saturated carbocycles. The molecule has 0 fully saturated rings. The molecule has 0 bridgehead atoms. The molecular weight excluding hydrogens is 390 g/mol. The molecule has 1 aromatic carbocycles. The van der Waals surface area contributed by atoms with Gasteiger partial charge in [-0.05, 0) is 55.5 Å². The second-order valence-electron chi connectivity index (χ2n) is 5.98. The van der Waals surface area contributed by atoms with Crippen molar-refractivity contribution in [3.63, 3.8) is 0 Å². The van der Waals surface area contributed by atoms with Crippen LogP contribution >= 0.6 is 34.7 Å². The van der Waals surface area contributed by atoms with Crippen LogP contribution in [-0.4, -0.2) is 21.9 Å². The van der Waals surface area contributed by atoms with Gasteiger partial charge in [-0.25, -0.2) is 0 Å². The number of nitrogens with zero attached hydrogens (tertiary/aromatic N) is 2. The van der Waals surface area contributed by atoms with E-state index in [0.717, 1.165) is 18.4 Å². The van der Waals surface area contributed by atoms with Gasteiger partial charge in [-0.2, -0.15) is 0 Å². The van der Waals surface area contributed by atoms with Crippen molar-refractivity contribution >= 4 is 46.3 Å². The summed E-state index contributed by atoms with van der Waals surface area (Å²) in [6.07, 6.45) is 4.67. The number of fused-ring (bicyclic) bond motifs is 1. The molecule has 0 atom stereocenters. The molecular formula is C18H16ClN3O2S2. The summed E-state index contributed by atoms with van der Waals surface area (Å²) in [6.45, 7) is 0. The smallest absolute Gasteiger partial charge is 0.277 e. The lowest BCUT2D eigenvalue weighted by Gasteiger charge is -2.10. The van der Waals surface area contributed by atoms with Gasteiger partial charge in [0, 0.05) is 21.0 Å². The molecule has 8 heteroatoms. The van der Waals surface area contributed by atoms with E-state index in [0.29, 0.717) is 21.8 Å². The molecule has 0 spiro atoms. The molecule has 1 aliphatic carbocycles. The summed E-state index contributed by atoms with van der Waals surface area (Å²) < 4.78 is 5.76. The van der Waals surface area contributed by atoms with E-state index in [1.165, 1.54) is 35.0 Å². The van der Waals surface area contributed by atoms with Crippen molar-refractivity contribution in [1.82, 2.24) is 10.2 Å². The van der Waals surface area contributed by atoms with Gasteiger partial charge in [0.05, 0.1) is 11.3 Å². The number of carbonyl (C=O) groups is 1. The summed E-state index contributed by atoms with van der Waals surface area (Å²) >= 11 is 8.83. The molecule has 0 saturated heterocycles. The Morgan fingerprint density at radius 1 is 1.23 bits per heavy atom. The van der Waals surface area contributed by atoms with Crippen LogP contribution < -0.4 is 5.32 Å². The summed E-state index contributed by atoms with van der Waals surface area (Å²) in [5.41, 5.74) is 3.10. The lowest BCUT2D eigenvalue weighted by molar-refractivity contribution is -0.113. The van der Waals surface area contributed by atoms with Crippen LogP contribution in [0.5, 0.6) is 0 Å². The van der Waals surface area contributed by atoms with Crippen LogP contribution in [0.1, 0.15) is 23.3 Å². The third-order valence-corrected chi connectivity index (χ3v) is 6.31. The van der Waals surface area contributed by atoms with E-state index >= 15 is 0 Å². The average Bonchev–Trinajstić information content (AvgIpc) is 3.28. The SMILES string of the molecule is O=C(CSc1nnc(-c2csc3c2CCCC3)o1)Nc1ccc(Cl)cc1. The summed E-state index contributed by atoms with van der Waals surface area (Å²) in [5.74, 6) is 0.612. The Hall–Kier alpha value is -1.83. The summed E-state index contributed by atoms with van der Waals surface area (Å²) in [5, 5.41) is 14.2. The fraction of sp³-hybridized carbons (Fsp3) is 0.278. The Morgan fingerprint density at radius 2 is 2.04 bits per heavy atom. The number of nitrogens with one attached hydrogen (secondary N) is 1. The molecule has 0 radical (unpaired) electrons. The lowest BCUT2D eigenvalue weighted by Crippen LogP contribution is -2.13. The molecule has 4 rings (SSSR count). The van der Waals surface area contributed by atoms with Crippen molar-refractivity contribution in [2.75, 3.05) is 11.1 Å². The molecule has 26 heavy (non-hydrogen) atoms. The van der Waals surface area contributed by atoms with Gasteiger partial charge in [0.2, 0.25) is 11.8 Å². The van der Waals surface area contributed by atoms with E-state index in [2.05, 4.69) is 20.9 Å². The maximum absolute atomic E-state index is 12.0.